The lowest BCUT2D eigenvalue weighted by Gasteiger charge is -2.17. The van der Waals surface area contributed by atoms with Gasteiger partial charge in [-0.1, -0.05) is 44.2 Å². The van der Waals surface area contributed by atoms with Gasteiger partial charge < -0.3 is 14.4 Å². The van der Waals surface area contributed by atoms with Gasteiger partial charge in [0.15, 0.2) is 6.61 Å². The number of nitrogens with zero attached hydrogens (tertiary/aromatic N) is 1. The van der Waals surface area contributed by atoms with Gasteiger partial charge in [-0.05, 0) is 36.0 Å². The summed E-state index contributed by atoms with van der Waals surface area (Å²) in [6, 6.07) is 13.8. The normalized spacial score (nSPS) is 10.4. The first-order valence-electron chi connectivity index (χ1n) is 7.72. The van der Waals surface area contributed by atoms with E-state index >= 15 is 0 Å². The van der Waals surface area contributed by atoms with Crippen LogP contribution in [0, 0.1) is 0 Å². The van der Waals surface area contributed by atoms with Gasteiger partial charge in [0.1, 0.15) is 12.4 Å². The van der Waals surface area contributed by atoms with E-state index in [4.69, 9.17) is 9.47 Å². The van der Waals surface area contributed by atoms with Gasteiger partial charge in [-0.25, -0.2) is 4.79 Å². The summed E-state index contributed by atoms with van der Waals surface area (Å²) in [6.07, 6.45) is 0. The maximum atomic E-state index is 11.7. The minimum absolute atomic E-state index is 0. The molecule has 5 heteroatoms. The van der Waals surface area contributed by atoms with Gasteiger partial charge >= 0.3 is 5.97 Å². The second kappa shape index (κ2) is 10.1. The summed E-state index contributed by atoms with van der Waals surface area (Å²) in [5.74, 6) is 0.347. The van der Waals surface area contributed by atoms with Crippen molar-refractivity contribution >= 4 is 29.1 Å². The third-order valence-corrected chi connectivity index (χ3v) is 3.64. The van der Waals surface area contributed by atoms with Crippen molar-refractivity contribution in [3.8, 4) is 5.75 Å². The topological polar surface area (TPSA) is 38.8 Å². The fourth-order valence-electron chi connectivity index (χ4n) is 2.27. The summed E-state index contributed by atoms with van der Waals surface area (Å²) in [4.78, 5) is 13.9. The molecule has 0 aromatic heterocycles. The summed E-state index contributed by atoms with van der Waals surface area (Å²) < 4.78 is 10.7. The van der Waals surface area contributed by atoms with Gasteiger partial charge in [0.05, 0.1) is 0 Å². The SMILES string of the molecule is CCN(CC)CCOC(=O)COc1ccc2ccccc2c1.Cl. The first-order chi connectivity index (χ1) is 10.7. The lowest BCUT2D eigenvalue weighted by atomic mass is 10.1. The number of fused-ring (bicyclic) bond motifs is 1. The first-order valence-corrected chi connectivity index (χ1v) is 7.72. The number of carbonyl (C=O) groups excluding carboxylic acids is 1. The third kappa shape index (κ3) is 6.08. The Morgan fingerprint density at radius 3 is 2.43 bits per heavy atom. The molecule has 0 unspecified atom stereocenters. The molecule has 0 aliphatic rings. The van der Waals surface area contributed by atoms with Gasteiger partial charge in [0.25, 0.3) is 0 Å². The Bertz CT molecular complexity index is 614. The molecule has 0 spiro atoms. The Labute approximate surface area is 143 Å². The maximum absolute atomic E-state index is 11.7. The van der Waals surface area contributed by atoms with E-state index in [9.17, 15) is 4.79 Å². The minimum atomic E-state index is -0.333. The van der Waals surface area contributed by atoms with E-state index in [0.29, 0.717) is 12.4 Å². The van der Waals surface area contributed by atoms with Crippen LogP contribution in [0.4, 0.5) is 0 Å². The van der Waals surface area contributed by atoms with Gasteiger partial charge in [-0.3, -0.25) is 0 Å². The summed E-state index contributed by atoms with van der Waals surface area (Å²) >= 11 is 0. The standard InChI is InChI=1S/C18H23NO3.ClH/c1-3-19(4-2)11-12-21-18(20)14-22-17-10-9-15-7-5-6-8-16(15)13-17;/h5-10,13H,3-4,11-12,14H2,1-2H3;1H. The zero-order valence-corrected chi connectivity index (χ0v) is 14.5. The maximum Gasteiger partial charge on any atom is 0.344 e. The predicted octanol–water partition coefficient (Wildman–Crippen LogP) is 3.53. The Balaban J connectivity index is 0.00000264. The average molecular weight is 338 g/mol. The third-order valence-electron chi connectivity index (χ3n) is 3.64. The van der Waals surface area contributed by atoms with E-state index in [0.717, 1.165) is 30.4 Å². The molecule has 2 rings (SSSR count). The molecular weight excluding hydrogens is 314 g/mol. The van der Waals surface area contributed by atoms with Crippen LogP contribution in [0.25, 0.3) is 10.8 Å². The Hall–Kier alpha value is -1.78. The molecule has 0 heterocycles. The molecule has 0 atom stereocenters. The van der Waals surface area contributed by atoms with Crippen LogP contribution in [0.3, 0.4) is 0 Å². The molecule has 0 aliphatic heterocycles. The largest absolute Gasteiger partial charge is 0.482 e. The Kier molecular flexibility index (Phi) is 8.45. The monoisotopic (exact) mass is 337 g/mol. The van der Waals surface area contributed by atoms with Crippen LogP contribution in [0.2, 0.25) is 0 Å². The molecule has 2 aromatic rings. The van der Waals surface area contributed by atoms with Crippen molar-refractivity contribution in [2.45, 2.75) is 13.8 Å². The lowest BCUT2D eigenvalue weighted by molar-refractivity contribution is -0.146. The highest BCUT2D eigenvalue weighted by Gasteiger charge is 2.06. The zero-order valence-electron chi connectivity index (χ0n) is 13.7. The highest BCUT2D eigenvalue weighted by atomic mass is 35.5. The van der Waals surface area contributed by atoms with Gasteiger partial charge in [-0.15, -0.1) is 12.4 Å². The number of hydrogen-bond donors (Lipinski definition) is 0. The summed E-state index contributed by atoms with van der Waals surface area (Å²) in [6.45, 7) is 7.21. The van der Waals surface area contributed by atoms with Crippen molar-refractivity contribution < 1.29 is 14.3 Å². The second-order valence-corrected chi connectivity index (χ2v) is 5.04. The molecule has 0 radical (unpaired) electrons. The van der Waals surface area contributed by atoms with Crippen LogP contribution in [-0.4, -0.2) is 43.7 Å². The summed E-state index contributed by atoms with van der Waals surface area (Å²) in [5.41, 5.74) is 0. The molecule has 0 saturated heterocycles. The highest BCUT2D eigenvalue weighted by molar-refractivity contribution is 5.85. The quantitative estimate of drug-likeness (QED) is 0.691. The number of rotatable bonds is 8. The zero-order chi connectivity index (χ0) is 15.8. The molecule has 0 bridgehead atoms. The number of esters is 1. The van der Waals surface area contributed by atoms with E-state index in [-0.39, 0.29) is 25.0 Å². The van der Waals surface area contributed by atoms with Gasteiger partial charge in [-0.2, -0.15) is 0 Å². The van der Waals surface area contributed by atoms with Crippen LogP contribution >= 0.6 is 12.4 Å². The minimum Gasteiger partial charge on any atom is -0.482 e. The van der Waals surface area contributed by atoms with Crippen molar-refractivity contribution in [2.75, 3.05) is 32.8 Å². The number of likely N-dealkylation sites (N-methyl/N-ethyl adjacent to an activating group) is 1. The Morgan fingerprint density at radius 2 is 1.74 bits per heavy atom. The molecular formula is C18H24ClNO3. The van der Waals surface area contributed by atoms with Crippen LogP contribution in [0.5, 0.6) is 5.75 Å². The first kappa shape index (κ1) is 19.3. The molecule has 0 N–H and O–H groups in total. The van der Waals surface area contributed by atoms with Gasteiger partial charge in [0, 0.05) is 6.54 Å². The van der Waals surface area contributed by atoms with Crippen molar-refractivity contribution in [1.82, 2.24) is 4.90 Å². The summed E-state index contributed by atoms with van der Waals surface area (Å²) in [5, 5.41) is 2.24. The fraction of sp³-hybridized carbons (Fsp3) is 0.389. The van der Waals surface area contributed by atoms with E-state index in [1.54, 1.807) is 0 Å². The smallest absolute Gasteiger partial charge is 0.344 e. The highest BCUT2D eigenvalue weighted by Crippen LogP contribution is 2.20. The molecule has 23 heavy (non-hydrogen) atoms. The number of ether oxygens (including phenoxy) is 2. The number of carbonyl (C=O) groups is 1. The number of halogens is 1. The number of hydrogen-bond acceptors (Lipinski definition) is 4. The van der Waals surface area contributed by atoms with E-state index < -0.39 is 0 Å². The van der Waals surface area contributed by atoms with Crippen molar-refractivity contribution in [2.24, 2.45) is 0 Å². The van der Waals surface area contributed by atoms with Crippen LogP contribution in [0.15, 0.2) is 42.5 Å². The predicted molar refractivity (Wildman–Crippen MR) is 95.4 cm³/mol. The molecule has 0 amide bonds. The molecule has 0 fully saturated rings. The van der Waals surface area contributed by atoms with Crippen molar-refractivity contribution in [3.63, 3.8) is 0 Å². The molecule has 0 aliphatic carbocycles. The average Bonchev–Trinajstić information content (AvgIpc) is 2.56. The van der Waals surface area contributed by atoms with Crippen LogP contribution < -0.4 is 4.74 Å². The van der Waals surface area contributed by atoms with Crippen LogP contribution in [-0.2, 0) is 9.53 Å². The van der Waals surface area contributed by atoms with Crippen LogP contribution in [0.1, 0.15) is 13.8 Å². The fourth-order valence-corrected chi connectivity index (χ4v) is 2.27. The molecule has 2 aromatic carbocycles. The lowest BCUT2D eigenvalue weighted by Crippen LogP contribution is -2.28. The number of benzene rings is 2. The second-order valence-electron chi connectivity index (χ2n) is 5.04. The van der Waals surface area contributed by atoms with E-state index in [2.05, 4.69) is 18.7 Å². The Morgan fingerprint density at radius 1 is 1.04 bits per heavy atom. The van der Waals surface area contributed by atoms with Crippen molar-refractivity contribution in [1.29, 1.82) is 0 Å². The molecule has 4 nitrogen and oxygen atoms in total. The molecule has 126 valence electrons. The summed E-state index contributed by atoms with van der Waals surface area (Å²) in [7, 11) is 0. The molecule has 0 saturated carbocycles. The van der Waals surface area contributed by atoms with Gasteiger partial charge in [0.2, 0.25) is 0 Å². The van der Waals surface area contributed by atoms with E-state index in [1.165, 1.54) is 0 Å². The van der Waals surface area contributed by atoms with Crippen molar-refractivity contribution in [3.05, 3.63) is 42.5 Å². The van der Waals surface area contributed by atoms with E-state index in [1.807, 2.05) is 42.5 Å².